The lowest BCUT2D eigenvalue weighted by Gasteiger charge is -1.99. The summed E-state index contributed by atoms with van der Waals surface area (Å²) in [6, 6.07) is 8.07. The van der Waals surface area contributed by atoms with Gasteiger partial charge in [0, 0.05) is 11.0 Å². The third kappa shape index (κ3) is 1.15. The standard InChI is InChI=1S/C15H10O2/c1-2-6-12-11(5-1)14-13(17-12)7-3-4-10-8-9-16-15(10)14/h1-8H,9H2. The molecule has 0 saturated carbocycles. The number of fused-ring (bicyclic) bond motifs is 4. The highest BCUT2D eigenvalue weighted by Gasteiger charge is 2.16. The van der Waals surface area contributed by atoms with Crippen LogP contribution in [0.4, 0.5) is 0 Å². The first-order chi connectivity index (χ1) is 8.43. The van der Waals surface area contributed by atoms with Crippen molar-refractivity contribution >= 4 is 22.8 Å². The molecule has 2 heterocycles. The summed E-state index contributed by atoms with van der Waals surface area (Å²) in [5.41, 5.74) is 2.93. The van der Waals surface area contributed by atoms with Crippen LogP contribution in [0.1, 0.15) is 0 Å². The van der Waals surface area contributed by atoms with Crippen molar-refractivity contribution in [3.05, 3.63) is 58.7 Å². The van der Waals surface area contributed by atoms with Gasteiger partial charge in [0.15, 0.2) is 0 Å². The number of rotatable bonds is 0. The van der Waals surface area contributed by atoms with Gasteiger partial charge in [-0.2, -0.15) is 0 Å². The lowest BCUT2D eigenvalue weighted by Crippen LogP contribution is -2.22. The van der Waals surface area contributed by atoms with Gasteiger partial charge in [-0.1, -0.05) is 30.4 Å². The van der Waals surface area contributed by atoms with Crippen molar-refractivity contribution in [2.45, 2.75) is 0 Å². The molecule has 82 valence electrons. The van der Waals surface area contributed by atoms with Gasteiger partial charge in [0.05, 0.1) is 5.22 Å². The molecule has 0 radical (unpaired) electrons. The summed E-state index contributed by atoms with van der Waals surface area (Å²) in [4.78, 5) is 0. The van der Waals surface area contributed by atoms with E-state index >= 15 is 0 Å². The Kier molecular flexibility index (Phi) is 1.64. The van der Waals surface area contributed by atoms with Crippen molar-refractivity contribution in [3.8, 4) is 0 Å². The van der Waals surface area contributed by atoms with Crippen LogP contribution >= 0.6 is 0 Å². The first-order valence-corrected chi connectivity index (χ1v) is 5.67. The zero-order valence-corrected chi connectivity index (χ0v) is 9.14. The summed E-state index contributed by atoms with van der Waals surface area (Å²) in [7, 11) is 0. The van der Waals surface area contributed by atoms with Crippen LogP contribution < -0.4 is 10.6 Å². The van der Waals surface area contributed by atoms with Crippen LogP contribution in [0, 0.1) is 0 Å². The van der Waals surface area contributed by atoms with Gasteiger partial charge in [-0.3, -0.25) is 0 Å². The summed E-state index contributed by atoms with van der Waals surface area (Å²) >= 11 is 0. The maximum absolute atomic E-state index is 5.84. The monoisotopic (exact) mass is 222 g/mol. The second-order valence-electron chi connectivity index (χ2n) is 4.16. The van der Waals surface area contributed by atoms with Gasteiger partial charge in [0.2, 0.25) is 0 Å². The van der Waals surface area contributed by atoms with Gasteiger partial charge >= 0.3 is 0 Å². The molecule has 0 fully saturated rings. The van der Waals surface area contributed by atoms with Gasteiger partial charge in [-0.05, 0) is 18.2 Å². The molecule has 0 unspecified atom stereocenters. The van der Waals surface area contributed by atoms with Gasteiger partial charge in [0.25, 0.3) is 0 Å². The zero-order chi connectivity index (χ0) is 11.2. The largest absolute Gasteiger partial charge is 0.488 e. The average molecular weight is 222 g/mol. The Bertz CT molecular complexity index is 788. The second-order valence-corrected chi connectivity index (χ2v) is 4.16. The van der Waals surface area contributed by atoms with Crippen LogP contribution in [0.5, 0.6) is 0 Å². The first kappa shape index (κ1) is 8.88. The smallest absolute Gasteiger partial charge is 0.139 e. The van der Waals surface area contributed by atoms with E-state index in [-0.39, 0.29) is 0 Å². The lowest BCUT2D eigenvalue weighted by molar-refractivity contribution is 0.333. The highest BCUT2D eigenvalue weighted by molar-refractivity contribution is 5.84. The molecule has 0 saturated heterocycles. The van der Waals surface area contributed by atoms with E-state index in [9.17, 15) is 0 Å². The third-order valence-corrected chi connectivity index (χ3v) is 3.17. The minimum atomic E-state index is 0.647. The predicted molar refractivity (Wildman–Crippen MR) is 66.5 cm³/mol. The summed E-state index contributed by atoms with van der Waals surface area (Å²) in [5, 5.41) is 2.19. The molecule has 2 aromatic rings. The normalized spacial score (nSPS) is 16.9. The maximum atomic E-state index is 5.84. The molecule has 4 rings (SSSR count). The molecule has 0 atom stereocenters. The average Bonchev–Trinajstić information content (AvgIpc) is 2.90. The minimum absolute atomic E-state index is 0.647. The van der Waals surface area contributed by atoms with Gasteiger partial charge in [-0.25, -0.2) is 0 Å². The quantitative estimate of drug-likeness (QED) is 0.678. The van der Waals surface area contributed by atoms with Gasteiger partial charge in [-0.15, -0.1) is 0 Å². The summed E-state index contributed by atoms with van der Waals surface area (Å²) in [5.74, 6) is 0.940. The molecule has 0 N–H and O–H groups in total. The molecular formula is C15H10O2. The molecule has 2 nitrogen and oxygen atoms in total. The van der Waals surface area contributed by atoms with Crippen LogP contribution in [-0.4, -0.2) is 6.61 Å². The van der Waals surface area contributed by atoms with Crippen molar-refractivity contribution in [1.29, 1.82) is 0 Å². The van der Waals surface area contributed by atoms with Crippen LogP contribution in [0.3, 0.4) is 0 Å². The molecule has 1 aliphatic heterocycles. The molecular weight excluding hydrogens is 212 g/mol. The van der Waals surface area contributed by atoms with Crippen LogP contribution in [0.15, 0.2) is 52.5 Å². The molecule has 17 heavy (non-hydrogen) atoms. The van der Waals surface area contributed by atoms with Crippen molar-refractivity contribution in [1.82, 2.24) is 0 Å². The summed E-state index contributed by atoms with van der Waals surface area (Å²) in [6.45, 7) is 0.647. The van der Waals surface area contributed by atoms with Crippen molar-refractivity contribution in [3.63, 3.8) is 0 Å². The fraction of sp³-hybridized carbons (Fsp3) is 0.0667. The number of para-hydroxylation sites is 1. The van der Waals surface area contributed by atoms with E-state index in [4.69, 9.17) is 9.15 Å². The molecule has 0 amide bonds. The molecule has 0 spiro atoms. The molecule has 2 heteroatoms. The Morgan fingerprint density at radius 3 is 3.06 bits per heavy atom. The Morgan fingerprint density at radius 1 is 1.12 bits per heavy atom. The number of hydrogen-bond acceptors (Lipinski definition) is 2. The fourth-order valence-corrected chi connectivity index (χ4v) is 2.41. The van der Waals surface area contributed by atoms with Crippen molar-refractivity contribution < 1.29 is 9.15 Å². The number of furan rings is 1. The van der Waals surface area contributed by atoms with Crippen LogP contribution in [0.2, 0.25) is 0 Å². The molecule has 1 aromatic carbocycles. The second kappa shape index (κ2) is 3.14. The molecule has 0 bridgehead atoms. The number of benzene rings is 1. The van der Waals surface area contributed by atoms with Gasteiger partial charge in [0.1, 0.15) is 23.4 Å². The summed E-state index contributed by atoms with van der Waals surface area (Å²) < 4.78 is 11.6. The maximum Gasteiger partial charge on any atom is 0.139 e. The molecule has 1 aliphatic carbocycles. The molecule has 2 aliphatic rings. The highest BCUT2D eigenvalue weighted by Crippen LogP contribution is 2.22. The van der Waals surface area contributed by atoms with E-state index in [1.807, 2.05) is 30.4 Å². The van der Waals surface area contributed by atoms with E-state index in [1.54, 1.807) is 0 Å². The van der Waals surface area contributed by atoms with E-state index in [1.165, 1.54) is 0 Å². The van der Waals surface area contributed by atoms with Crippen molar-refractivity contribution in [2.24, 2.45) is 0 Å². The van der Waals surface area contributed by atoms with E-state index < -0.39 is 0 Å². The van der Waals surface area contributed by atoms with E-state index in [0.29, 0.717) is 6.61 Å². The van der Waals surface area contributed by atoms with E-state index in [0.717, 1.165) is 32.9 Å². The number of ether oxygens (including phenoxy) is 1. The Labute approximate surface area is 97.8 Å². The van der Waals surface area contributed by atoms with Gasteiger partial charge < -0.3 is 9.15 Å². The Hall–Kier alpha value is -2.22. The first-order valence-electron chi connectivity index (χ1n) is 5.67. The Morgan fingerprint density at radius 2 is 2.06 bits per heavy atom. The Balaban J connectivity index is 2.31. The van der Waals surface area contributed by atoms with Crippen LogP contribution in [0.25, 0.3) is 22.8 Å². The topological polar surface area (TPSA) is 22.4 Å². The SMILES string of the molecule is C1=CC2=CCOC2=c2c(oc3ccccc23)=C1. The molecule has 1 aromatic heterocycles. The fourth-order valence-electron chi connectivity index (χ4n) is 2.41. The predicted octanol–water partition coefficient (Wildman–Crippen LogP) is 1.85. The third-order valence-electron chi connectivity index (χ3n) is 3.17. The summed E-state index contributed by atoms with van der Waals surface area (Å²) in [6.07, 6.45) is 8.16. The number of allylic oxidation sites excluding steroid dienone is 1. The zero-order valence-electron chi connectivity index (χ0n) is 9.14. The van der Waals surface area contributed by atoms with E-state index in [2.05, 4.69) is 18.2 Å². The lowest BCUT2D eigenvalue weighted by atomic mass is 10.1. The van der Waals surface area contributed by atoms with Crippen molar-refractivity contribution in [2.75, 3.05) is 6.61 Å². The number of hydrogen-bond donors (Lipinski definition) is 0. The minimum Gasteiger partial charge on any atom is -0.488 e. The highest BCUT2D eigenvalue weighted by atomic mass is 16.5. The van der Waals surface area contributed by atoms with Crippen LogP contribution in [-0.2, 0) is 4.74 Å².